The summed E-state index contributed by atoms with van der Waals surface area (Å²) in [6.45, 7) is 8.43. The number of methoxy groups -OCH3 is 1. The van der Waals surface area contributed by atoms with Crippen molar-refractivity contribution in [3.8, 4) is 5.75 Å². The van der Waals surface area contributed by atoms with Gasteiger partial charge in [-0.25, -0.2) is 9.79 Å². The number of benzene rings is 1. The summed E-state index contributed by atoms with van der Waals surface area (Å²) in [6.07, 6.45) is 3.76. The molecule has 0 bridgehead atoms. The number of esters is 1. The van der Waals surface area contributed by atoms with Crippen molar-refractivity contribution < 1.29 is 14.3 Å². The summed E-state index contributed by atoms with van der Waals surface area (Å²) in [5.41, 5.74) is 3.18. The van der Waals surface area contributed by atoms with Gasteiger partial charge in [0, 0.05) is 18.3 Å². The molecule has 0 unspecified atom stereocenters. The Labute approximate surface area is 195 Å². The topological polar surface area (TPSA) is 87.7 Å². The number of carbonyl (C=O) groups excluding carboxylic acids is 1. The monoisotopic (exact) mass is 466 g/mol. The maximum atomic E-state index is 13.6. The van der Waals surface area contributed by atoms with Gasteiger partial charge in [-0.15, -0.1) is 0 Å². The molecule has 0 radical (unpaired) electrons. The molecule has 9 heteroatoms. The number of aromatic nitrogens is 3. The van der Waals surface area contributed by atoms with E-state index in [-0.39, 0.29) is 12.2 Å². The molecule has 172 valence electrons. The van der Waals surface area contributed by atoms with E-state index in [0.29, 0.717) is 26.4 Å². The number of aryl methyl sites for hydroxylation is 2. The van der Waals surface area contributed by atoms with E-state index in [2.05, 4.69) is 10.1 Å². The van der Waals surface area contributed by atoms with Crippen LogP contribution in [0.2, 0.25) is 0 Å². The van der Waals surface area contributed by atoms with Crippen LogP contribution in [-0.4, -0.2) is 34.0 Å². The van der Waals surface area contributed by atoms with E-state index < -0.39 is 12.0 Å². The number of allylic oxidation sites excluding steroid dienone is 1. The molecule has 0 N–H and O–H groups in total. The average molecular weight is 467 g/mol. The Bertz CT molecular complexity index is 1410. The van der Waals surface area contributed by atoms with Gasteiger partial charge in [-0.1, -0.05) is 23.5 Å². The average Bonchev–Trinajstić information content (AvgIpc) is 3.32. The highest BCUT2D eigenvalue weighted by Crippen LogP contribution is 2.31. The zero-order valence-electron chi connectivity index (χ0n) is 19.3. The summed E-state index contributed by atoms with van der Waals surface area (Å²) in [4.78, 5) is 31.7. The van der Waals surface area contributed by atoms with Crippen molar-refractivity contribution in [3.63, 3.8) is 0 Å². The first-order valence-corrected chi connectivity index (χ1v) is 11.6. The maximum Gasteiger partial charge on any atom is 0.338 e. The number of carbonyl (C=O) groups is 1. The zero-order valence-corrected chi connectivity index (χ0v) is 20.1. The predicted molar refractivity (Wildman–Crippen MR) is 126 cm³/mol. The minimum Gasteiger partial charge on any atom is -0.497 e. The van der Waals surface area contributed by atoms with E-state index in [9.17, 15) is 9.59 Å². The molecule has 8 nitrogen and oxygen atoms in total. The normalized spacial score (nSPS) is 15.9. The highest BCUT2D eigenvalue weighted by molar-refractivity contribution is 7.07. The molecule has 3 heterocycles. The maximum absolute atomic E-state index is 13.6. The molecule has 4 rings (SSSR count). The van der Waals surface area contributed by atoms with Crippen molar-refractivity contribution in [1.82, 2.24) is 14.3 Å². The van der Waals surface area contributed by atoms with Gasteiger partial charge in [0.05, 0.1) is 41.3 Å². The highest BCUT2D eigenvalue weighted by Gasteiger charge is 2.33. The summed E-state index contributed by atoms with van der Waals surface area (Å²) < 4.78 is 14.5. The largest absolute Gasteiger partial charge is 0.497 e. The van der Waals surface area contributed by atoms with Crippen molar-refractivity contribution in [2.24, 2.45) is 4.99 Å². The third-order valence-electron chi connectivity index (χ3n) is 5.54. The molecule has 0 spiro atoms. The van der Waals surface area contributed by atoms with Crippen LogP contribution in [0.4, 0.5) is 0 Å². The van der Waals surface area contributed by atoms with E-state index in [0.717, 1.165) is 23.4 Å². The molecule has 33 heavy (non-hydrogen) atoms. The van der Waals surface area contributed by atoms with Gasteiger partial charge in [-0.3, -0.25) is 14.0 Å². The molecule has 0 saturated carbocycles. The second-order valence-corrected chi connectivity index (χ2v) is 8.61. The summed E-state index contributed by atoms with van der Waals surface area (Å²) in [7, 11) is 1.59. The van der Waals surface area contributed by atoms with Crippen LogP contribution in [0, 0.1) is 6.92 Å². The van der Waals surface area contributed by atoms with Crippen molar-refractivity contribution >= 4 is 23.4 Å². The van der Waals surface area contributed by atoms with Gasteiger partial charge in [0.1, 0.15) is 5.75 Å². The van der Waals surface area contributed by atoms with Gasteiger partial charge < -0.3 is 9.47 Å². The van der Waals surface area contributed by atoms with Crippen LogP contribution < -0.4 is 19.6 Å². The number of rotatable bonds is 6. The Hall–Kier alpha value is -3.46. The number of nitrogens with zero attached hydrogens (tertiary/aromatic N) is 4. The van der Waals surface area contributed by atoms with Crippen LogP contribution in [-0.2, 0) is 16.1 Å². The van der Waals surface area contributed by atoms with E-state index in [4.69, 9.17) is 9.47 Å². The molecule has 1 atom stereocenters. The first-order valence-electron chi connectivity index (χ1n) is 10.8. The lowest BCUT2D eigenvalue weighted by molar-refractivity contribution is -0.139. The first kappa shape index (κ1) is 22.7. The Balaban J connectivity index is 1.94. The van der Waals surface area contributed by atoms with Gasteiger partial charge >= 0.3 is 5.97 Å². The van der Waals surface area contributed by atoms with Gasteiger partial charge in [-0.05, 0) is 51.5 Å². The van der Waals surface area contributed by atoms with E-state index >= 15 is 0 Å². The summed E-state index contributed by atoms with van der Waals surface area (Å²) >= 11 is 1.30. The number of fused-ring (bicyclic) bond motifs is 1. The minimum absolute atomic E-state index is 0.211. The van der Waals surface area contributed by atoms with Crippen LogP contribution in [0.15, 0.2) is 51.5 Å². The predicted octanol–water partition coefficient (Wildman–Crippen LogP) is 2.33. The summed E-state index contributed by atoms with van der Waals surface area (Å²) in [5.74, 6) is 0.210. The van der Waals surface area contributed by atoms with Crippen LogP contribution in [0.3, 0.4) is 0 Å². The van der Waals surface area contributed by atoms with E-state index in [1.165, 1.54) is 11.3 Å². The Morgan fingerprint density at radius 1 is 1.21 bits per heavy atom. The summed E-state index contributed by atoms with van der Waals surface area (Å²) in [5, 5.41) is 4.46. The van der Waals surface area contributed by atoms with Gasteiger partial charge in [-0.2, -0.15) is 5.10 Å². The fraction of sp³-hybridized carbons (Fsp3) is 0.333. The fourth-order valence-electron chi connectivity index (χ4n) is 3.87. The van der Waals surface area contributed by atoms with Crippen molar-refractivity contribution in [2.45, 2.75) is 40.3 Å². The lowest BCUT2D eigenvalue weighted by Crippen LogP contribution is -2.39. The van der Waals surface area contributed by atoms with Crippen molar-refractivity contribution in [2.75, 3.05) is 13.7 Å². The molecule has 0 amide bonds. The third-order valence-corrected chi connectivity index (χ3v) is 6.53. The number of hydrogen-bond acceptors (Lipinski definition) is 7. The minimum atomic E-state index is -0.646. The second-order valence-electron chi connectivity index (χ2n) is 7.60. The smallest absolute Gasteiger partial charge is 0.338 e. The van der Waals surface area contributed by atoms with Crippen LogP contribution in [0.1, 0.15) is 43.6 Å². The fourth-order valence-corrected chi connectivity index (χ4v) is 4.91. The lowest BCUT2D eigenvalue weighted by atomic mass is 9.96. The molecular weight excluding hydrogens is 440 g/mol. The zero-order chi connectivity index (χ0) is 23.7. The molecule has 0 fully saturated rings. The first-order chi connectivity index (χ1) is 15.9. The molecular formula is C24H26N4O4S. The van der Waals surface area contributed by atoms with E-state index in [1.54, 1.807) is 25.5 Å². The second kappa shape index (κ2) is 9.19. The highest BCUT2D eigenvalue weighted by atomic mass is 32.1. The molecule has 0 saturated heterocycles. The van der Waals surface area contributed by atoms with Crippen LogP contribution >= 0.6 is 11.3 Å². The molecule has 1 aromatic carbocycles. The quantitative estimate of drug-likeness (QED) is 0.521. The lowest BCUT2D eigenvalue weighted by Gasteiger charge is -2.24. The molecule has 0 aliphatic carbocycles. The SMILES string of the molecule is CCOC(=O)C1=C(C)N=c2sc(=Cc3cn(CC)nc3C)c(=O)n2[C@H]1c1ccc(OC)cc1. The number of hydrogen-bond donors (Lipinski definition) is 0. The van der Waals surface area contributed by atoms with Crippen molar-refractivity contribution in [3.05, 3.63) is 78.2 Å². The van der Waals surface area contributed by atoms with Gasteiger partial charge in [0.15, 0.2) is 4.80 Å². The molecule has 2 aromatic heterocycles. The van der Waals surface area contributed by atoms with Crippen LogP contribution in [0.25, 0.3) is 6.08 Å². The molecule has 1 aliphatic rings. The Morgan fingerprint density at radius 2 is 1.94 bits per heavy atom. The van der Waals surface area contributed by atoms with Crippen LogP contribution in [0.5, 0.6) is 5.75 Å². The molecule has 3 aromatic rings. The van der Waals surface area contributed by atoms with Crippen molar-refractivity contribution in [1.29, 1.82) is 0 Å². The number of thiazole rings is 1. The Morgan fingerprint density at radius 3 is 2.55 bits per heavy atom. The Kier molecular flexibility index (Phi) is 6.33. The standard InChI is InChI=1S/C24H26N4O4S/c1-6-27-13-17(14(3)26-27)12-19-22(29)28-21(16-8-10-18(31-5)11-9-16)20(23(30)32-7-2)15(4)25-24(28)33-19/h8-13,21H,6-7H2,1-5H3/t21-/m0/s1. The number of ether oxygens (including phenoxy) is 2. The molecule has 1 aliphatic heterocycles. The van der Waals surface area contributed by atoms with Gasteiger partial charge in [0.2, 0.25) is 0 Å². The third kappa shape index (κ3) is 4.16. The van der Waals surface area contributed by atoms with Gasteiger partial charge in [0.25, 0.3) is 5.56 Å². The summed E-state index contributed by atoms with van der Waals surface area (Å²) in [6, 6.07) is 6.69. The van der Waals surface area contributed by atoms with E-state index in [1.807, 2.05) is 55.1 Å².